The molecule has 2 nitrogen and oxygen atoms in total. The van der Waals surface area contributed by atoms with Crippen LogP contribution in [-0.2, 0) is 13.0 Å². The Morgan fingerprint density at radius 1 is 1.25 bits per heavy atom. The molecule has 1 aliphatic heterocycles. The smallest absolute Gasteiger partial charge is 0.0373 e. The van der Waals surface area contributed by atoms with Crippen LogP contribution >= 0.6 is 11.3 Å². The Balaban J connectivity index is 1.68. The molecule has 3 heteroatoms. The molecule has 106 valence electrons. The van der Waals surface area contributed by atoms with Crippen LogP contribution < -0.4 is 5.32 Å². The summed E-state index contributed by atoms with van der Waals surface area (Å²) < 4.78 is 0. The predicted octanol–water partition coefficient (Wildman–Crippen LogP) is 4.00. The summed E-state index contributed by atoms with van der Waals surface area (Å²) in [6.07, 6.45) is 2.41. The van der Waals surface area contributed by atoms with Gasteiger partial charge in [0.15, 0.2) is 0 Å². The van der Waals surface area contributed by atoms with Gasteiger partial charge in [-0.05, 0) is 42.5 Å². The van der Waals surface area contributed by atoms with Gasteiger partial charge in [0.2, 0.25) is 0 Å². The van der Waals surface area contributed by atoms with Crippen LogP contribution in [0.3, 0.4) is 0 Å². The van der Waals surface area contributed by atoms with Gasteiger partial charge in [-0.25, -0.2) is 0 Å². The highest BCUT2D eigenvalue weighted by Crippen LogP contribution is 2.24. The fraction of sp³-hybridized carbons (Fsp3) is 0.412. The maximum atomic E-state index is 3.63. The van der Waals surface area contributed by atoms with E-state index in [2.05, 4.69) is 58.9 Å². The topological polar surface area (TPSA) is 15.3 Å². The van der Waals surface area contributed by atoms with Crippen molar-refractivity contribution in [3.8, 4) is 0 Å². The van der Waals surface area contributed by atoms with Crippen LogP contribution in [0.4, 0.5) is 5.69 Å². The lowest BCUT2D eigenvalue weighted by atomic mass is 10.1. The number of aryl methyl sites for hydroxylation is 1. The standard InChI is InChI=1S/C17H22N2S/c1-2-19(13-16-7-5-11-20-16)15-10-9-14-6-3-4-8-17(14)18-12-15/h3-8,11,15,18H,2,9-10,12-13H2,1H3. The number of thiophene rings is 1. The molecule has 0 saturated heterocycles. The number of rotatable bonds is 4. The van der Waals surface area contributed by atoms with E-state index in [1.165, 1.54) is 29.0 Å². The molecule has 1 unspecified atom stereocenters. The number of nitrogens with one attached hydrogen (secondary N) is 1. The normalized spacial score (nSPS) is 18.4. The van der Waals surface area contributed by atoms with Gasteiger partial charge >= 0.3 is 0 Å². The minimum Gasteiger partial charge on any atom is -0.383 e. The second kappa shape index (κ2) is 6.42. The second-order valence-electron chi connectivity index (χ2n) is 5.37. The number of anilines is 1. The Kier molecular flexibility index (Phi) is 4.38. The summed E-state index contributed by atoms with van der Waals surface area (Å²) in [7, 11) is 0. The molecular weight excluding hydrogens is 264 g/mol. The number of fused-ring (bicyclic) bond motifs is 1. The van der Waals surface area contributed by atoms with E-state index in [1.807, 2.05) is 11.3 Å². The van der Waals surface area contributed by atoms with Crippen LogP contribution in [-0.4, -0.2) is 24.0 Å². The summed E-state index contributed by atoms with van der Waals surface area (Å²) in [6, 6.07) is 13.7. The number of likely N-dealkylation sites (N-methyl/N-ethyl adjacent to an activating group) is 1. The molecule has 20 heavy (non-hydrogen) atoms. The van der Waals surface area contributed by atoms with Gasteiger partial charge in [-0.1, -0.05) is 31.2 Å². The van der Waals surface area contributed by atoms with Crippen molar-refractivity contribution in [2.75, 3.05) is 18.4 Å². The summed E-state index contributed by atoms with van der Waals surface area (Å²) >= 11 is 1.86. The second-order valence-corrected chi connectivity index (χ2v) is 6.41. The number of hydrogen-bond acceptors (Lipinski definition) is 3. The first-order valence-corrected chi connectivity index (χ1v) is 8.33. The van der Waals surface area contributed by atoms with Gasteiger partial charge in [-0.3, -0.25) is 4.90 Å². The monoisotopic (exact) mass is 286 g/mol. The molecule has 1 N–H and O–H groups in total. The SMILES string of the molecule is CCN(Cc1cccs1)C1CCc2ccccc2NC1. The lowest BCUT2D eigenvalue weighted by molar-refractivity contribution is 0.199. The summed E-state index contributed by atoms with van der Waals surface area (Å²) in [5.74, 6) is 0. The molecular formula is C17H22N2S. The fourth-order valence-corrected chi connectivity index (χ4v) is 3.71. The predicted molar refractivity (Wildman–Crippen MR) is 87.4 cm³/mol. The van der Waals surface area contributed by atoms with Crippen molar-refractivity contribution >= 4 is 17.0 Å². The van der Waals surface area contributed by atoms with E-state index in [0.29, 0.717) is 6.04 Å². The van der Waals surface area contributed by atoms with E-state index in [4.69, 9.17) is 0 Å². The average Bonchev–Trinajstić information content (AvgIpc) is 2.90. The van der Waals surface area contributed by atoms with E-state index in [9.17, 15) is 0 Å². The van der Waals surface area contributed by atoms with Crippen molar-refractivity contribution in [1.82, 2.24) is 4.90 Å². The zero-order valence-electron chi connectivity index (χ0n) is 12.0. The Morgan fingerprint density at radius 3 is 2.95 bits per heavy atom. The van der Waals surface area contributed by atoms with Gasteiger partial charge in [0, 0.05) is 29.7 Å². The molecule has 2 heterocycles. The number of nitrogens with zero attached hydrogens (tertiary/aromatic N) is 1. The minimum absolute atomic E-state index is 0.620. The van der Waals surface area contributed by atoms with Crippen LogP contribution in [0, 0.1) is 0 Å². The molecule has 0 bridgehead atoms. The van der Waals surface area contributed by atoms with Crippen LogP contribution in [0.1, 0.15) is 23.8 Å². The molecule has 0 radical (unpaired) electrons. The van der Waals surface area contributed by atoms with Crippen molar-refractivity contribution in [2.45, 2.75) is 32.4 Å². The third kappa shape index (κ3) is 3.05. The molecule has 3 rings (SSSR count). The van der Waals surface area contributed by atoms with Gasteiger partial charge in [-0.2, -0.15) is 0 Å². The first-order chi connectivity index (χ1) is 9.86. The lowest BCUT2D eigenvalue weighted by Crippen LogP contribution is -2.38. The highest BCUT2D eigenvalue weighted by molar-refractivity contribution is 7.09. The van der Waals surface area contributed by atoms with Gasteiger partial charge in [0.05, 0.1) is 0 Å². The van der Waals surface area contributed by atoms with Crippen LogP contribution in [0.25, 0.3) is 0 Å². The van der Waals surface area contributed by atoms with Gasteiger partial charge in [-0.15, -0.1) is 11.3 Å². The summed E-state index contributed by atoms with van der Waals surface area (Å²) in [6.45, 7) is 5.51. The molecule has 0 spiro atoms. The Hall–Kier alpha value is -1.32. The highest BCUT2D eigenvalue weighted by Gasteiger charge is 2.21. The number of hydrogen-bond donors (Lipinski definition) is 1. The van der Waals surface area contributed by atoms with Gasteiger partial charge in [0.1, 0.15) is 0 Å². The minimum atomic E-state index is 0.620. The summed E-state index contributed by atoms with van der Waals surface area (Å²) in [4.78, 5) is 4.07. The molecule has 0 amide bonds. The summed E-state index contributed by atoms with van der Waals surface area (Å²) in [5.41, 5.74) is 2.78. The van der Waals surface area contributed by atoms with Crippen molar-refractivity contribution < 1.29 is 0 Å². The summed E-state index contributed by atoms with van der Waals surface area (Å²) in [5, 5.41) is 5.80. The van der Waals surface area contributed by atoms with Crippen molar-refractivity contribution in [1.29, 1.82) is 0 Å². The first kappa shape index (κ1) is 13.7. The van der Waals surface area contributed by atoms with E-state index in [0.717, 1.165) is 19.6 Å². The van der Waals surface area contributed by atoms with Gasteiger partial charge < -0.3 is 5.32 Å². The van der Waals surface area contributed by atoms with Crippen molar-refractivity contribution in [2.24, 2.45) is 0 Å². The van der Waals surface area contributed by atoms with E-state index in [1.54, 1.807) is 0 Å². The van der Waals surface area contributed by atoms with Crippen molar-refractivity contribution in [3.63, 3.8) is 0 Å². The molecule has 1 aromatic carbocycles. The average molecular weight is 286 g/mol. The molecule has 0 saturated carbocycles. The zero-order chi connectivity index (χ0) is 13.8. The highest BCUT2D eigenvalue weighted by atomic mass is 32.1. The molecule has 2 aromatic rings. The third-order valence-corrected chi connectivity index (χ3v) is 5.02. The maximum Gasteiger partial charge on any atom is 0.0373 e. The number of benzene rings is 1. The molecule has 1 aromatic heterocycles. The van der Waals surface area contributed by atoms with Crippen LogP contribution in [0.2, 0.25) is 0 Å². The molecule has 1 aliphatic rings. The largest absolute Gasteiger partial charge is 0.383 e. The maximum absolute atomic E-state index is 3.63. The first-order valence-electron chi connectivity index (χ1n) is 7.45. The van der Waals surface area contributed by atoms with Crippen LogP contribution in [0.15, 0.2) is 41.8 Å². The Bertz CT molecular complexity index is 509. The number of para-hydroxylation sites is 1. The quantitative estimate of drug-likeness (QED) is 0.914. The zero-order valence-corrected chi connectivity index (χ0v) is 12.8. The van der Waals surface area contributed by atoms with Gasteiger partial charge in [0.25, 0.3) is 0 Å². The molecule has 0 fully saturated rings. The molecule has 1 atom stereocenters. The van der Waals surface area contributed by atoms with Crippen LogP contribution in [0.5, 0.6) is 0 Å². The third-order valence-electron chi connectivity index (χ3n) is 4.15. The Labute approximate surface area is 125 Å². The molecule has 0 aliphatic carbocycles. The van der Waals surface area contributed by atoms with E-state index in [-0.39, 0.29) is 0 Å². The van der Waals surface area contributed by atoms with E-state index >= 15 is 0 Å². The fourth-order valence-electron chi connectivity index (χ4n) is 2.98. The van der Waals surface area contributed by atoms with Crippen molar-refractivity contribution in [3.05, 3.63) is 52.2 Å². The lowest BCUT2D eigenvalue weighted by Gasteiger charge is -2.29. The Morgan fingerprint density at radius 2 is 2.15 bits per heavy atom. The van der Waals surface area contributed by atoms with E-state index < -0.39 is 0 Å².